The molecule has 1 aromatic carbocycles. The van der Waals surface area contributed by atoms with Gasteiger partial charge in [0.1, 0.15) is 11.8 Å². The number of hydrogen-bond donors (Lipinski definition) is 2. The van der Waals surface area contributed by atoms with Gasteiger partial charge in [0.05, 0.1) is 12.8 Å². The van der Waals surface area contributed by atoms with Crippen LogP contribution in [0.4, 0.5) is 0 Å². The topological polar surface area (TPSA) is 71.3 Å². The first kappa shape index (κ1) is 14.8. The lowest BCUT2D eigenvalue weighted by molar-refractivity contribution is -0.122. The van der Waals surface area contributed by atoms with E-state index in [0.29, 0.717) is 17.9 Å². The number of nitrogens with one attached hydrogen (secondary N) is 2. The number of hydrogen-bond acceptors (Lipinski definition) is 3. The zero-order valence-corrected chi connectivity index (χ0v) is 12.1. The summed E-state index contributed by atoms with van der Waals surface area (Å²) in [6.07, 6.45) is 1.55. The van der Waals surface area contributed by atoms with Gasteiger partial charge >= 0.3 is 0 Å². The van der Waals surface area contributed by atoms with Crippen molar-refractivity contribution in [1.82, 2.24) is 10.6 Å². The van der Waals surface area contributed by atoms with Crippen LogP contribution in [0.2, 0.25) is 0 Å². The van der Waals surface area contributed by atoms with Crippen molar-refractivity contribution in [1.29, 1.82) is 0 Å². The highest BCUT2D eigenvalue weighted by atomic mass is 16.3. The first-order valence-corrected chi connectivity index (χ1v) is 6.74. The van der Waals surface area contributed by atoms with Gasteiger partial charge in [0.25, 0.3) is 5.91 Å². The number of amides is 2. The average molecular weight is 286 g/mol. The number of furan rings is 1. The third-order valence-corrected chi connectivity index (χ3v) is 3.15. The van der Waals surface area contributed by atoms with E-state index in [1.54, 1.807) is 37.5 Å². The van der Waals surface area contributed by atoms with Gasteiger partial charge in [-0.2, -0.15) is 0 Å². The zero-order valence-electron chi connectivity index (χ0n) is 12.1. The normalized spacial score (nSPS) is 11.7. The second-order valence-electron chi connectivity index (χ2n) is 4.81. The first-order valence-electron chi connectivity index (χ1n) is 6.74. The molecule has 2 rings (SSSR count). The van der Waals surface area contributed by atoms with Crippen molar-refractivity contribution >= 4 is 11.8 Å². The van der Waals surface area contributed by atoms with E-state index in [2.05, 4.69) is 10.6 Å². The Bertz CT molecular complexity index is 620. The second kappa shape index (κ2) is 6.74. The van der Waals surface area contributed by atoms with Crippen molar-refractivity contribution in [2.24, 2.45) is 0 Å². The fourth-order valence-corrected chi connectivity index (χ4v) is 1.91. The third kappa shape index (κ3) is 3.95. The molecule has 0 saturated carbocycles. The molecule has 0 aliphatic rings. The van der Waals surface area contributed by atoms with E-state index in [9.17, 15) is 9.59 Å². The molecule has 21 heavy (non-hydrogen) atoms. The van der Waals surface area contributed by atoms with Crippen LogP contribution in [0, 0.1) is 6.92 Å². The van der Waals surface area contributed by atoms with Crippen LogP contribution in [0.1, 0.15) is 28.6 Å². The maximum absolute atomic E-state index is 12.1. The lowest BCUT2D eigenvalue weighted by Gasteiger charge is -2.14. The maximum atomic E-state index is 12.1. The molecule has 2 N–H and O–H groups in total. The molecule has 5 heteroatoms. The van der Waals surface area contributed by atoms with Crippen LogP contribution >= 0.6 is 0 Å². The number of carbonyl (C=O) groups is 2. The minimum absolute atomic E-state index is 0.256. The van der Waals surface area contributed by atoms with Gasteiger partial charge < -0.3 is 15.1 Å². The van der Waals surface area contributed by atoms with Crippen LogP contribution in [-0.2, 0) is 11.3 Å². The maximum Gasteiger partial charge on any atom is 0.252 e. The third-order valence-electron chi connectivity index (χ3n) is 3.15. The predicted octanol–water partition coefficient (Wildman–Crippen LogP) is 2.02. The molecule has 0 bridgehead atoms. The molecule has 0 spiro atoms. The minimum atomic E-state index is -0.618. The SMILES string of the molecule is Cc1ccccc1C(=O)N[C@@H](C)C(=O)NCc1ccco1. The summed E-state index contributed by atoms with van der Waals surface area (Å²) < 4.78 is 5.13. The van der Waals surface area contributed by atoms with Gasteiger partial charge in [0, 0.05) is 5.56 Å². The molecule has 1 aromatic heterocycles. The van der Waals surface area contributed by atoms with Crippen molar-refractivity contribution in [3.63, 3.8) is 0 Å². The Morgan fingerprint density at radius 1 is 1.19 bits per heavy atom. The number of aryl methyl sites for hydroxylation is 1. The summed E-state index contributed by atoms with van der Waals surface area (Å²) in [5.41, 5.74) is 1.45. The Labute approximate surface area is 123 Å². The van der Waals surface area contributed by atoms with Crippen LogP contribution < -0.4 is 10.6 Å². The molecule has 5 nitrogen and oxygen atoms in total. The van der Waals surface area contributed by atoms with Gasteiger partial charge in [0.2, 0.25) is 5.91 Å². The van der Waals surface area contributed by atoms with Gasteiger partial charge in [0.15, 0.2) is 0 Å². The van der Waals surface area contributed by atoms with Crippen molar-refractivity contribution in [3.05, 3.63) is 59.5 Å². The van der Waals surface area contributed by atoms with Crippen LogP contribution in [0.5, 0.6) is 0 Å². The van der Waals surface area contributed by atoms with Gasteiger partial charge in [-0.3, -0.25) is 9.59 Å². The van der Waals surface area contributed by atoms with E-state index >= 15 is 0 Å². The fraction of sp³-hybridized carbons (Fsp3) is 0.250. The summed E-state index contributed by atoms with van der Waals surface area (Å²) in [4.78, 5) is 24.0. The van der Waals surface area contributed by atoms with Gasteiger partial charge in [-0.25, -0.2) is 0 Å². The first-order chi connectivity index (χ1) is 10.1. The molecule has 1 atom stereocenters. The zero-order chi connectivity index (χ0) is 15.2. The fourth-order valence-electron chi connectivity index (χ4n) is 1.91. The molecule has 1 heterocycles. The van der Waals surface area contributed by atoms with Crippen LogP contribution in [-0.4, -0.2) is 17.9 Å². The van der Waals surface area contributed by atoms with Gasteiger partial charge in [-0.1, -0.05) is 18.2 Å². The summed E-state index contributed by atoms with van der Waals surface area (Å²) >= 11 is 0. The highest BCUT2D eigenvalue weighted by Crippen LogP contribution is 2.07. The van der Waals surface area contributed by atoms with Crippen molar-refractivity contribution in [3.8, 4) is 0 Å². The molecule has 2 aromatic rings. The molecule has 0 unspecified atom stereocenters. The van der Waals surface area contributed by atoms with Crippen molar-refractivity contribution < 1.29 is 14.0 Å². The van der Waals surface area contributed by atoms with E-state index in [0.717, 1.165) is 5.56 Å². The average Bonchev–Trinajstić information content (AvgIpc) is 2.98. The quantitative estimate of drug-likeness (QED) is 0.883. The number of rotatable bonds is 5. The summed E-state index contributed by atoms with van der Waals surface area (Å²) in [6, 6.07) is 10.2. The van der Waals surface area contributed by atoms with Crippen molar-refractivity contribution in [2.45, 2.75) is 26.4 Å². The Morgan fingerprint density at radius 3 is 2.62 bits per heavy atom. The summed E-state index contributed by atoms with van der Waals surface area (Å²) in [6.45, 7) is 3.81. The molecule has 0 radical (unpaired) electrons. The largest absolute Gasteiger partial charge is 0.467 e. The Hall–Kier alpha value is -2.56. The molecule has 2 amide bonds. The highest BCUT2D eigenvalue weighted by Gasteiger charge is 2.17. The van der Waals surface area contributed by atoms with Crippen molar-refractivity contribution in [2.75, 3.05) is 0 Å². The summed E-state index contributed by atoms with van der Waals surface area (Å²) in [7, 11) is 0. The van der Waals surface area contributed by atoms with Gasteiger partial charge in [-0.15, -0.1) is 0 Å². The molecule has 0 fully saturated rings. The van der Waals surface area contributed by atoms with E-state index in [-0.39, 0.29) is 11.8 Å². The lowest BCUT2D eigenvalue weighted by Crippen LogP contribution is -2.44. The van der Waals surface area contributed by atoms with Crippen LogP contribution in [0.3, 0.4) is 0 Å². The van der Waals surface area contributed by atoms with E-state index in [4.69, 9.17) is 4.42 Å². The van der Waals surface area contributed by atoms with E-state index < -0.39 is 6.04 Å². The van der Waals surface area contributed by atoms with Gasteiger partial charge in [-0.05, 0) is 37.6 Å². The molecule has 0 aliphatic carbocycles. The minimum Gasteiger partial charge on any atom is -0.467 e. The number of carbonyl (C=O) groups excluding carboxylic acids is 2. The van der Waals surface area contributed by atoms with Crippen LogP contribution in [0.25, 0.3) is 0 Å². The standard InChI is InChI=1S/C16H18N2O3/c1-11-6-3-4-8-14(11)16(20)18-12(2)15(19)17-10-13-7-5-9-21-13/h3-9,12H,10H2,1-2H3,(H,17,19)(H,18,20)/t12-/m0/s1. The second-order valence-corrected chi connectivity index (χ2v) is 4.81. The molecular formula is C16H18N2O3. The molecule has 0 aliphatic heterocycles. The Kier molecular flexibility index (Phi) is 4.77. The predicted molar refractivity (Wildman–Crippen MR) is 78.7 cm³/mol. The smallest absolute Gasteiger partial charge is 0.252 e. The Morgan fingerprint density at radius 2 is 1.95 bits per heavy atom. The van der Waals surface area contributed by atoms with E-state index in [1.807, 2.05) is 19.1 Å². The summed E-state index contributed by atoms with van der Waals surface area (Å²) in [5.74, 6) is 0.155. The highest BCUT2D eigenvalue weighted by molar-refractivity contribution is 5.98. The molecule has 0 saturated heterocycles. The monoisotopic (exact) mass is 286 g/mol. The number of benzene rings is 1. The summed E-state index contributed by atoms with van der Waals surface area (Å²) in [5, 5.41) is 5.39. The molecule has 110 valence electrons. The van der Waals surface area contributed by atoms with E-state index in [1.165, 1.54) is 0 Å². The Balaban J connectivity index is 1.88. The molecular weight excluding hydrogens is 268 g/mol. The van der Waals surface area contributed by atoms with Crippen LogP contribution in [0.15, 0.2) is 47.1 Å². The lowest BCUT2D eigenvalue weighted by atomic mass is 10.1.